The first-order valence-corrected chi connectivity index (χ1v) is 9.54. The first kappa shape index (κ1) is 15.3. The van der Waals surface area contributed by atoms with Gasteiger partial charge < -0.3 is 10.1 Å². The van der Waals surface area contributed by atoms with Gasteiger partial charge in [-0.05, 0) is 11.6 Å². The van der Waals surface area contributed by atoms with E-state index in [1.165, 1.54) is 16.7 Å². The molecule has 0 unspecified atom stereocenters. The molecular weight excluding hydrogens is 342 g/mol. The van der Waals surface area contributed by atoms with Crippen molar-refractivity contribution in [3.05, 3.63) is 71.9 Å². The lowest BCUT2D eigenvalue weighted by Crippen LogP contribution is -2.20. The van der Waals surface area contributed by atoms with Gasteiger partial charge in [0, 0.05) is 22.9 Å². The van der Waals surface area contributed by atoms with Crippen LogP contribution in [0.1, 0.15) is 18.0 Å². The van der Waals surface area contributed by atoms with Crippen molar-refractivity contribution in [2.24, 2.45) is 0 Å². The van der Waals surface area contributed by atoms with Gasteiger partial charge >= 0.3 is 0 Å². The normalized spacial score (nSPS) is 16.1. The summed E-state index contributed by atoms with van der Waals surface area (Å²) in [6.07, 6.45) is 2.55. The third-order valence-electron chi connectivity index (χ3n) is 4.72. The molecule has 3 heterocycles. The van der Waals surface area contributed by atoms with Gasteiger partial charge in [0.2, 0.25) is 0 Å². The molecular formula is C21H17N3OS. The Morgan fingerprint density at radius 3 is 2.77 bits per heavy atom. The summed E-state index contributed by atoms with van der Waals surface area (Å²) in [5.41, 5.74) is 3.54. The number of rotatable bonds is 3. The SMILES string of the molecule is c1ccc(-c2csc3ncnc(N[C@H]4CCOc5ccccc54)c23)cc1. The molecule has 5 rings (SSSR count). The monoisotopic (exact) mass is 359 g/mol. The maximum Gasteiger partial charge on any atom is 0.139 e. The molecule has 0 bridgehead atoms. The van der Waals surface area contributed by atoms with Gasteiger partial charge in [0.25, 0.3) is 0 Å². The summed E-state index contributed by atoms with van der Waals surface area (Å²) in [6.45, 7) is 0.706. The van der Waals surface area contributed by atoms with Crippen molar-refractivity contribution in [2.45, 2.75) is 12.5 Å². The summed E-state index contributed by atoms with van der Waals surface area (Å²) < 4.78 is 5.79. The van der Waals surface area contributed by atoms with Crippen molar-refractivity contribution in [3.63, 3.8) is 0 Å². The Labute approximate surface area is 155 Å². The van der Waals surface area contributed by atoms with E-state index in [1.54, 1.807) is 17.7 Å². The number of para-hydroxylation sites is 1. The molecule has 1 aliphatic heterocycles. The molecule has 4 aromatic rings. The smallest absolute Gasteiger partial charge is 0.139 e. The number of benzene rings is 2. The van der Waals surface area contributed by atoms with Crippen LogP contribution in [0.5, 0.6) is 5.75 Å². The van der Waals surface area contributed by atoms with Crippen molar-refractivity contribution in [1.82, 2.24) is 9.97 Å². The highest BCUT2D eigenvalue weighted by Crippen LogP contribution is 2.39. The van der Waals surface area contributed by atoms with Gasteiger partial charge in [-0.25, -0.2) is 9.97 Å². The molecule has 0 saturated carbocycles. The minimum atomic E-state index is 0.182. The van der Waals surface area contributed by atoms with E-state index in [4.69, 9.17) is 4.74 Å². The Bertz CT molecular complexity index is 1060. The molecule has 2 aromatic heterocycles. The number of anilines is 1. The molecule has 0 amide bonds. The average Bonchev–Trinajstić information content (AvgIpc) is 3.14. The zero-order chi connectivity index (χ0) is 17.3. The highest BCUT2D eigenvalue weighted by molar-refractivity contribution is 7.17. The molecule has 26 heavy (non-hydrogen) atoms. The van der Waals surface area contributed by atoms with Crippen LogP contribution in [0.2, 0.25) is 0 Å². The molecule has 0 fully saturated rings. The Hall–Kier alpha value is -2.92. The minimum absolute atomic E-state index is 0.182. The lowest BCUT2D eigenvalue weighted by atomic mass is 10.00. The zero-order valence-electron chi connectivity index (χ0n) is 14.1. The van der Waals surface area contributed by atoms with Gasteiger partial charge in [0.05, 0.1) is 18.0 Å². The molecule has 1 aliphatic rings. The van der Waals surface area contributed by atoms with E-state index in [0.717, 1.165) is 28.2 Å². The molecule has 0 saturated heterocycles. The van der Waals surface area contributed by atoms with Crippen LogP contribution in [-0.4, -0.2) is 16.6 Å². The maximum atomic E-state index is 5.79. The van der Waals surface area contributed by atoms with Crippen molar-refractivity contribution >= 4 is 27.4 Å². The van der Waals surface area contributed by atoms with E-state index < -0.39 is 0 Å². The Morgan fingerprint density at radius 1 is 1.00 bits per heavy atom. The number of thiophene rings is 1. The van der Waals surface area contributed by atoms with Crippen molar-refractivity contribution in [3.8, 4) is 16.9 Å². The molecule has 128 valence electrons. The number of nitrogens with zero attached hydrogens (tertiary/aromatic N) is 2. The Balaban J connectivity index is 1.59. The fraction of sp³-hybridized carbons (Fsp3) is 0.143. The predicted molar refractivity (Wildman–Crippen MR) is 106 cm³/mol. The number of nitrogens with one attached hydrogen (secondary N) is 1. The molecule has 5 heteroatoms. The zero-order valence-corrected chi connectivity index (χ0v) is 14.9. The van der Waals surface area contributed by atoms with E-state index in [2.05, 4.69) is 57.1 Å². The van der Waals surface area contributed by atoms with E-state index in [0.29, 0.717) is 6.61 Å². The maximum absolute atomic E-state index is 5.79. The predicted octanol–water partition coefficient (Wildman–Crippen LogP) is 5.29. The summed E-state index contributed by atoms with van der Waals surface area (Å²) in [7, 11) is 0. The summed E-state index contributed by atoms with van der Waals surface area (Å²) in [6, 6.07) is 18.8. The summed E-state index contributed by atoms with van der Waals surface area (Å²) in [5, 5.41) is 6.91. The van der Waals surface area contributed by atoms with Crippen LogP contribution in [0, 0.1) is 0 Å². The van der Waals surface area contributed by atoms with E-state index in [1.807, 2.05) is 18.2 Å². The van der Waals surface area contributed by atoms with Crippen LogP contribution >= 0.6 is 11.3 Å². The fourth-order valence-electron chi connectivity index (χ4n) is 3.47. The second-order valence-electron chi connectivity index (χ2n) is 6.29. The second kappa shape index (κ2) is 6.42. The molecule has 1 N–H and O–H groups in total. The summed E-state index contributed by atoms with van der Waals surface area (Å²) >= 11 is 1.65. The molecule has 4 nitrogen and oxygen atoms in total. The quantitative estimate of drug-likeness (QED) is 0.540. The van der Waals surface area contributed by atoms with Crippen LogP contribution in [0.3, 0.4) is 0 Å². The third kappa shape index (κ3) is 2.61. The summed E-state index contributed by atoms with van der Waals surface area (Å²) in [5.74, 6) is 1.84. The Kier molecular flexibility index (Phi) is 3.79. The minimum Gasteiger partial charge on any atom is -0.493 e. The van der Waals surface area contributed by atoms with Gasteiger partial charge in [0.15, 0.2) is 0 Å². The van der Waals surface area contributed by atoms with Gasteiger partial charge in [-0.2, -0.15) is 0 Å². The second-order valence-corrected chi connectivity index (χ2v) is 7.15. The van der Waals surface area contributed by atoms with Gasteiger partial charge in [-0.3, -0.25) is 0 Å². The van der Waals surface area contributed by atoms with Crippen LogP contribution < -0.4 is 10.1 Å². The van der Waals surface area contributed by atoms with Crippen LogP contribution in [0.15, 0.2) is 66.3 Å². The van der Waals surface area contributed by atoms with E-state index in [9.17, 15) is 0 Å². The van der Waals surface area contributed by atoms with Crippen molar-refractivity contribution < 1.29 is 4.74 Å². The number of hydrogen-bond donors (Lipinski definition) is 1. The summed E-state index contributed by atoms with van der Waals surface area (Å²) in [4.78, 5) is 10.0. The first-order valence-electron chi connectivity index (χ1n) is 8.66. The van der Waals surface area contributed by atoms with Gasteiger partial charge in [-0.15, -0.1) is 11.3 Å². The first-order chi connectivity index (χ1) is 12.9. The molecule has 0 spiro atoms. The standard InChI is InChI=1S/C21H17N3OS/c1-2-6-14(7-3-1)16-12-26-21-19(16)20(22-13-23-21)24-17-10-11-25-18-9-5-4-8-15(17)18/h1-9,12-13,17H,10-11H2,(H,22,23,24)/t17-/m0/s1. The van der Waals surface area contributed by atoms with E-state index in [-0.39, 0.29) is 6.04 Å². The van der Waals surface area contributed by atoms with Crippen molar-refractivity contribution in [1.29, 1.82) is 0 Å². The largest absolute Gasteiger partial charge is 0.493 e. The molecule has 0 radical (unpaired) electrons. The number of aromatic nitrogens is 2. The van der Waals surface area contributed by atoms with Crippen LogP contribution in [0.25, 0.3) is 21.3 Å². The molecule has 1 atom stereocenters. The number of ether oxygens (including phenoxy) is 1. The lowest BCUT2D eigenvalue weighted by Gasteiger charge is -2.27. The van der Waals surface area contributed by atoms with Gasteiger partial charge in [0.1, 0.15) is 22.7 Å². The van der Waals surface area contributed by atoms with Crippen LogP contribution in [-0.2, 0) is 0 Å². The van der Waals surface area contributed by atoms with Gasteiger partial charge in [-0.1, -0.05) is 48.5 Å². The molecule has 2 aromatic carbocycles. The Morgan fingerprint density at radius 2 is 1.85 bits per heavy atom. The highest BCUT2D eigenvalue weighted by Gasteiger charge is 2.23. The topological polar surface area (TPSA) is 47.0 Å². The lowest BCUT2D eigenvalue weighted by molar-refractivity contribution is 0.274. The number of hydrogen-bond acceptors (Lipinski definition) is 5. The molecule has 0 aliphatic carbocycles. The van der Waals surface area contributed by atoms with Crippen molar-refractivity contribution in [2.75, 3.05) is 11.9 Å². The fourth-order valence-corrected chi connectivity index (χ4v) is 4.39. The average molecular weight is 359 g/mol. The van der Waals surface area contributed by atoms with E-state index >= 15 is 0 Å². The third-order valence-corrected chi connectivity index (χ3v) is 5.61. The van der Waals surface area contributed by atoms with Crippen LogP contribution in [0.4, 0.5) is 5.82 Å². The number of fused-ring (bicyclic) bond motifs is 2. The highest BCUT2D eigenvalue weighted by atomic mass is 32.1.